The third-order valence-electron chi connectivity index (χ3n) is 3.33. The number of nitrogens with one attached hydrogen (secondary N) is 1. The zero-order chi connectivity index (χ0) is 13.2. The molecule has 1 rings (SSSR count). The molecule has 0 aliphatic rings. The molecule has 2 nitrogen and oxygen atoms in total. The first-order valence-electron chi connectivity index (χ1n) is 7.03. The summed E-state index contributed by atoms with van der Waals surface area (Å²) in [5, 5.41) is 3.42. The Labute approximate surface area is 112 Å². The van der Waals surface area contributed by atoms with Gasteiger partial charge in [0.1, 0.15) is 0 Å². The van der Waals surface area contributed by atoms with Crippen LogP contribution in [0.3, 0.4) is 0 Å². The number of methoxy groups -OCH3 is 1. The Bertz CT molecular complexity index is 307. The average molecular weight is 249 g/mol. The quantitative estimate of drug-likeness (QED) is 0.679. The summed E-state index contributed by atoms with van der Waals surface area (Å²) in [6, 6.07) is 9.03. The predicted octanol–water partition coefficient (Wildman–Crippen LogP) is 3.05. The Kier molecular flexibility index (Phi) is 7.70. The molecule has 0 bridgehead atoms. The van der Waals surface area contributed by atoms with E-state index in [9.17, 15) is 0 Å². The molecule has 0 aliphatic carbocycles. The highest BCUT2D eigenvalue weighted by Crippen LogP contribution is 2.11. The molecule has 1 N–H and O–H groups in total. The highest BCUT2D eigenvalue weighted by molar-refractivity contribution is 5.22. The highest BCUT2D eigenvalue weighted by Gasteiger charge is 2.02. The summed E-state index contributed by atoms with van der Waals surface area (Å²) < 4.78 is 5.01. The Hall–Kier alpha value is -0.860. The van der Waals surface area contributed by atoms with Crippen LogP contribution in [0.25, 0.3) is 0 Å². The molecule has 18 heavy (non-hydrogen) atoms. The number of hydrogen-bond donors (Lipinski definition) is 1. The van der Waals surface area contributed by atoms with Gasteiger partial charge in [-0.15, -0.1) is 0 Å². The average Bonchev–Trinajstić information content (AvgIpc) is 2.42. The molecular formula is C16H27NO. The Morgan fingerprint density at radius 2 is 1.83 bits per heavy atom. The second kappa shape index (κ2) is 9.12. The maximum absolute atomic E-state index is 5.01. The lowest BCUT2D eigenvalue weighted by Crippen LogP contribution is -2.25. The molecule has 102 valence electrons. The SMILES string of the molecule is CCc1ccc(CCC(C)CNCCOC)cc1. The minimum absolute atomic E-state index is 0.715. The summed E-state index contributed by atoms with van der Waals surface area (Å²) in [5.74, 6) is 0.715. The zero-order valence-electron chi connectivity index (χ0n) is 12.0. The van der Waals surface area contributed by atoms with Gasteiger partial charge in [0.15, 0.2) is 0 Å². The molecule has 1 atom stereocenters. The molecule has 1 aromatic carbocycles. The van der Waals surface area contributed by atoms with E-state index in [1.807, 2.05) is 0 Å². The molecule has 0 radical (unpaired) electrons. The molecule has 0 heterocycles. The van der Waals surface area contributed by atoms with Crippen LogP contribution in [0.15, 0.2) is 24.3 Å². The molecule has 0 saturated carbocycles. The molecular weight excluding hydrogens is 222 g/mol. The lowest BCUT2D eigenvalue weighted by molar-refractivity contribution is 0.198. The van der Waals surface area contributed by atoms with Gasteiger partial charge in [-0.25, -0.2) is 0 Å². The van der Waals surface area contributed by atoms with Gasteiger partial charge < -0.3 is 10.1 Å². The van der Waals surface area contributed by atoms with Gasteiger partial charge >= 0.3 is 0 Å². The van der Waals surface area contributed by atoms with Gasteiger partial charge in [-0.2, -0.15) is 0 Å². The van der Waals surface area contributed by atoms with Crippen LogP contribution in [-0.4, -0.2) is 26.8 Å². The van der Waals surface area contributed by atoms with E-state index in [1.165, 1.54) is 24.0 Å². The Morgan fingerprint density at radius 1 is 1.17 bits per heavy atom. The number of rotatable bonds is 9. The van der Waals surface area contributed by atoms with Crippen LogP contribution < -0.4 is 5.32 Å². The monoisotopic (exact) mass is 249 g/mol. The van der Waals surface area contributed by atoms with Gasteiger partial charge in [-0.3, -0.25) is 0 Å². The van der Waals surface area contributed by atoms with E-state index < -0.39 is 0 Å². The van der Waals surface area contributed by atoms with Gasteiger partial charge in [-0.1, -0.05) is 38.1 Å². The molecule has 0 amide bonds. The van der Waals surface area contributed by atoms with Gasteiger partial charge in [-0.05, 0) is 42.9 Å². The second-order valence-corrected chi connectivity index (χ2v) is 5.01. The summed E-state index contributed by atoms with van der Waals surface area (Å²) in [7, 11) is 1.74. The van der Waals surface area contributed by atoms with E-state index in [0.29, 0.717) is 5.92 Å². The van der Waals surface area contributed by atoms with Crippen molar-refractivity contribution in [1.82, 2.24) is 5.32 Å². The first-order chi connectivity index (χ1) is 8.76. The summed E-state index contributed by atoms with van der Waals surface area (Å²) >= 11 is 0. The molecule has 1 aromatic rings. The maximum atomic E-state index is 5.01. The molecule has 1 unspecified atom stereocenters. The van der Waals surface area contributed by atoms with Crippen molar-refractivity contribution in [1.29, 1.82) is 0 Å². The molecule has 2 heteroatoms. The van der Waals surface area contributed by atoms with Crippen LogP contribution >= 0.6 is 0 Å². The van der Waals surface area contributed by atoms with Crippen LogP contribution in [0.5, 0.6) is 0 Å². The predicted molar refractivity (Wildman–Crippen MR) is 78.1 cm³/mol. The topological polar surface area (TPSA) is 21.3 Å². The number of aryl methyl sites for hydroxylation is 2. The van der Waals surface area contributed by atoms with Crippen LogP contribution in [0.2, 0.25) is 0 Å². The third kappa shape index (κ3) is 6.18. The molecule has 0 aliphatic heterocycles. The summed E-state index contributed by atoms with van der Waals surface area (Å²) in [6.07, 6.45) is 3.54. The van der Waals surface area contributed by atoms with E-state index >= 15 is 0 Å². The van der Waals surface area contributed by atoms with Gasteiger partial charge in [0.05, 0.1) is 6.61 Å². The summed E-state index contributed by atoms with van der Waals surface area (Å²) in [4.78, 5) is 0. The van der Waals surface area contributed by atoms with Crippen molar-refractivity contribution >= 4 is 0 Å². The smallest absolute Gasteiger partial charge is 0.0587 e. The van der Waals surface area contributed by atoms with E-state index in [2.05, 4.69) is 43.4 Å². The third-order valence-corrected chi connectivity index (χ3v) is 3.33. The van der Waals surface area contributed by atoms with Crippen molar-refractivity contribution in [2.24, 2.45) is 5.92 Å². The van der Waals surface area contributed by atoms with Crippen molar-refractivity contribution in [3.63, 3.8) is 0 Å². The van der Waals surface area contributed by atoms with E-state index in [-0.39, 0.29) is 0 Å². The first-order valence-corrected chi connectivity index (χ1v) is 7.03. The van der Waals surface area contributed by atoms with Crippen LogP contribution in [0, 0.1) is 5.92 Å². The molecule has 0 saturated heterocycles. The second-order valence-electron chi connectivity index (χ2n) is 5.01. The Morgan fingerprint density at radius 3 is 2.44 bits per heavy atom. The van der Waals surface area contributed by atoms with E-state index in [0.717, 1.165) is 26.1 Å². The van der Waals surface area contributed by atoms with Gasteiger partial charge in [0, 0.05) is 13.7 Å². The normalized spacial score (nSPS) is 12.6. The van der Waals surface area contributed by atoms with Crippen LogP contribution in [-0.2, 0) is 17.6 Å². The fourth-order valence-corrected chi connectivity index (χ4v) is 1.98. The standard InChI is InChI=1S/C16H27NO/c1-4-15-7-9-16(10-8-15)6-5-14(2)13-17-11-12-18-3/h7-10,14,17H,4-6,11-13H2,1-3H3. The lowest BCUT2D eigenvalue weighted by Gasteiger charge is -2.12. The van der Waals surface area contributed by atoms with Crippen LogP contribution in [0.1, 0.15) is 31.4 Å². The Balaban J connectivity index is 2.18. The minimum Gasteiger partial charge on any atom is -0.383 e. The van der Waals surface area contributed by atoms with Gasteiger partial charge in [0.25, 0.3) is 0 Å². The van der Waals surface area contributed by atoms with E-state index in [1.54, 1.807) is 7.11 Å². The maximum Gasteiger partial charge on any atom is 0.0587 e. The van der Waals surface area contributed by atoms with Crippen molar-refractivity contribution in [3.05, 3.63) is 35.4 Å². The molecule has 0 spiro atoms. The van der Waals surface area contributed by atoms with Crippen molar-refractivity contribution in [3.8, 4) is 0 Å². The molecule has 0 fully saturated rings. The van der Waals surface area contributed by atoms with Crippen LogP contribution in [0.4, 0.5) is 0 Å². The minimum atomic E-state index is 0.715. The highest BCUT2D eigenvalue weighted by atomic mass is 16.5. The largest absolute Gasteiger partial charge is 0.383 e. The number of benzene rings is 1. The van der Waals surface area contributed by atoms with Crippen molar-refractivity contribution in [2.45, 2.75) is 33.1 Å². The number of hydrogen-bond acceptors (Lipinski definition) is 2. The van der Waals surface area contributed by atoms with Crippen molar-refractivity contribution < 1.29 is 4.74 Å². The first kappa shape index (κ1) is 15.2. The fraction of sp³-hybridized carbons (Fsp3) is 0.625. The molecule has 0 aromatic heterocycles. The van der Waals surface area contributed by atoms with Crippen molar-refractivity contribution in [2.75, 3.05) is 26.8 Å². The van der Waals surface area contributed by atoms with Gasteiger partial charge in [0.2, 0.25) is 0 Å². The zero-order valence-corrected chi connectivity index (χ0v) is 12.0. The summed E-state index contributed by atoms with van der Waals surface area (Å²) in [6.45, 7) is 7.33. The number of ether oxygens (including phenoxy) is 1. The summed E-state index contributed by atoms with van der Waals surface area (Å²) in [5.41, 5.74) is 2.88. The fourth-order valence-electron chi connectivity index (χ4n) is 1.98. The lowest BCUT2D eigenvalue weighted by atomic mass is 10.00. The van der Waals surface area contributed by atoms with E-state index in [4.69, 9.17) is 4.74 Å².